The highest BCUT2D eigenvalue weighted by Crippen LogP contribution is 2.22. The highest BCUT2D eigenvalue weighted by molar-refractivity contribution is 5.99. The Balaban J connectivity index is 1.66. The maximum absolute atomic E-state index is 12.1. The van der Waals surface area contributed by atoms with E-state index in [4.69, 9.17) is 4.42 Å². The predicted octanol–water partition coefficient (Wildman–Crippen LogP) is 2.65. The molecule has 132 valence electrons. The van der Waals surface area contributed by atoms with Crippen LogP contribution < -0.4 is 10.9 Å². The summed E-state index contributed by atoms with van der Waals surface area (Å²) in [6.45, 7) is 1.93. The Morgan fingerprint density at radius 1 is 1.15 bits per heavy atom. The van der Waals surface area contributed by atoms with Crippen molar-refractivity contribution in [3.8, 4) is 0 Å². The summed E-state index contributed by atoms with van der Waals surface area (Å²) in [6, 6.07) is 11.1. The van der Waals surface area contributed by atoms with Crippen molar-refractivity contribution in [1.82, 2.24) is 10.9 Å². The smallest absolute Gasteiger partial charge is 0.282 e. The Kier molecular flexibility index (Phi) is 4.66. The van der Waals surface area contributed by atoms with E-state index >= 15 is 0 Å². The lowest BCUT2D eigenvalue weighted by atomic mass is 10.1. The van der Waals surface area contributed by atoms with Gasteiger partial charge in [0.25, 0.3) is 11.6 Å². The Morgan fingerprint density at radius 2 is 1.92 bits per heavy atom. The summed E-state index contributed by atoms with van der Waals surface area (Å²) in [5.74, 6) is -1.24. The van der Waals surface area contributed by atoms with E-state index < -0.39 is 16.7 Å². The van der Waals surface area contributed by atoms with Gasteiger partial charge in [-0.3, -0.25) is 30.6 Å². The number of hydrogen-bond acceptors (Lipinski definition) is 5. The first-order chi connectivity index (χ1) is 12.5. The number of furan rings is 1. The van der Waals surface area contributed by atoms with Gasteiger partial charge in [-0.2, -0.15) is 0 Å². The summed E-state index contributed by atoms with van der Waals surface area (Å²) in [4.78, 5) is 34.5. The first kappa shape index (κ1) is 17.2. The maximum Gasteiger partial charge on any atom is 0.282 e. The van der Waals surface area contributed by atoms with Crippen LogP contribution in [0.3, 0.4) is 0 Å². The molecule has 0 aliphatic heterocycles. The van der Waals surface area contributed by atoms with Crippen LogP contribution in [0.4, 0.5) is 5.69 Å². The predicted molar refractivity (Wildman–Crippen MR) is 93.4 cm³/mol. The van der Waals surface area contributed by atoms with Crippen molar-refractivity contribution in [3.63, 3.8) is 0 Å². The van der Waals surface area contributed by atoms with Gasteiger partial charge in [-0.05, 0) is 25.1 Å². The second-order valence-corrected chi connectivity index (χ2v) is 5.71. The van der Waals surface area contributed by atoms with Crippen molar-refractivity contribution in [2.75, 3.05) is 0 Å². The van der Waals surface area contributed by atoms with E-state index in [2.05, 4.69) is 10.9 Å². The molecule has 0 aliphatic rings. The number of nitrogens with zero attached hydrogens (tertiary/aromatic N) is 1. The first-order valence-corrected chi connectivity index (χ1v) is 7.75. The summed E-state index contributed by atoms with van der Waals surface area (Å²) in [6.07, 6.45) is 1.49. The van der Waals surface area contributed by atoms with Crippen LogP contribution >= 0.6 is 0 Å². The Hall–Kier alpha value is -3.68. The number of amides is 2. The van der Waals surface area contributed by atoms with E-state index in [-0.39, 0.29) is 17.7 Å². The van der Waals surface area contributed by atoms with Gasteiger partial charge >= 0.3 is 0 Å². The van der Waals surface area contributed by atoms with Crippen LogP contribution in [-0.2, 0) is 11.2 Å². The number of carbonyl (C=O) groups is 2. The number of aryl methyl sites for hydroxylation is 1. The maximum atomic E-state index is 12.1. The lowest BCUT2D eigenvalue weighted by Crippen LogP contribution is -2.42. The third-order valence-electron chi connectivity index (χ3n) is 3.82. The lowest BCUT2D eigenvalue weighted by Gasteiger charge is -2.07. The number of fused-ring (bicyclic) bond motifs is 1. The van der Waals surface area contributed by atoms with Crippen LogP contribution in [0.2, 0.25) is 0 Å². The summed E-state index contributed by atoms with van der Waals surface area (Å²) in [5.41, 5.74) is 6.36. The monoisotopic (exact) mass is 353 g/mol. The van der Waals surface area contributed by atoms with Gasteiger partial charge in [-0.15, -0.1) is 0 Å². The van der Waals surface area contributed by atoms with Crippen molar-refractivity contribution in [3.05, 3.63) is 75.5 Å². The van der Waals surface area contributed by atoms with Crippen molar-refractivity contribution in [2.45, 2.75) is 13.3 Å². The molecule has 0 bridgehead atoms. The molecule has 2 amide bonds. The summed E-state index contributed by atoms with van der Waals surface area (Å²) in [7, 11) is 0. The van der Waals surface area contributed by atoms with Gasteiger partial charge in [0.15, 0.2) is 0 Å². The summed E-state index contributed by atoms with van der Waals surface area (Å²) in [5, 5.41) is 11.8. The van der Waals surface area contributed by atoms with Crippen molar-refractivity contribution >= 4 is 28.5 Å². The molecule has 3 rings (SSSR count). The normalized spacial score (nSPS) is 10.5. The van der Waals surface area contributed by atoms with E-state index in [1.54, 1.807) is 0 Å². The SMILES string of the molecule is Cc1ccc2occ(CC(=O)NNC(=O)c3ccccc3[N+](=O)[O-])c2c1. The minimum atomic E-state index is -0.765. The van der Waals surface area contributed by atoms with E-state index in [0.717, 1.165) is 10.9 Å². The highest BCUT2D eigenvalue weighted by Gasteiger charge is 2.19. The van der Waals surface area contributed by atoms with Gasteiger partial charge in [-0.25, -0.2) is 0 Å². The fourth-order valence-electron chi connectivity index (χ4n) is 2.57. The Bertz CT molecular complexity index is 1010. The van der Waals surface area contributed by atoms with Gasteiger partial charge in [0.05, 0.1) is 17.6 Å². The quantitative estimate of drug-likeness (QED) is 0.553. The number of carbonyl (C=O) groups excluding carboxylic acids is 2. The summed E-state index contributed by atoms with van der Waals surface area (Å²) >= 11 is 0. The summed E-state index contributed by atoms with van der Waals surface area (Å²) < 4.78 is 5.40. The molecule has 0 atom stereocenters. The van der Waals surface area contributed by atoms with E-state index in [1.165, 1.54) is 30.5 Å². The molecule has 1 heterocycles. The van der Waals surface area contributed by atoms with Crippen LogP contribution in [0.25, 0.3) is 11.0 Å². The van der Waals surface area contributed by atoms with Crippen LogP contribution in [0.1, 0.15) is 21.5 Å². The molecule has 0 radical (unpaired) electrons. The topological polar surface area (TPSA) is 114 Å². The number of nitro groups is 1. The molecule has 3 aromatic rings. The van der Waals surface area contributed by atoms with E-state index in [9.17, 15) is 19.7 Å². The zero-order chi connectivity index (χ0) is 18.7. The van der Waals surface area contributed by atoms with Crippen LogP contribution in [0.15, 0.2) is 53.1 Å². The highest BCUT2D eigenvalue weighted by atomic mass is 16.6. The Labute approximate surface area is 147 Å². The van der Waals surface area contributed by atoms with Gasteiger partial charge in [0.1, 0.15) is 11.1 Å². The molecule has 0 saturated carbocycles. The fourth-order valence-corrected chi connectivity index (χ4v) is 2.57. The van der Waals surface area contributed by atoms with Crippen LogP contribution in [-0.4, -0.2) is 16.7 Å². The zero-order valence-corrected chi connectivity index (χ0v) is 13.8. The van der Waals surface area contributed by atoms with Crippen molar-refractivity contribution < 1.29 is 18.9 Å². The molecule has 0 aliphatic carbocycles. The van der Waals surface area contributed by atoms with Gasteiger partial charge in [0.2, 0.25) is 5.91 Å². The fraction of sp³-hybridized carbons (Fsp3) is 0.111. The first-order valence-electron chi connectivity index (χ1n) is 7.75. The third kappa shape index (κ3) is 3.54. The largest absolute Gasteiger partial charge is 0.464 e. The molecule has 26 heavy (non-hydrogen) atoms. The van der Waals surface area contributed by atoms with Crippen LogP contribution in [0.5, 0.6) is 0 Å². The average molecular weight is 353 g/mol. The van der Waals surface area contributed by atoms with Crippen molar-refractivity contribution in [2.24, 2.45) is 0 Å². The molecular formula is C18H15N3O5. The molecule has 0 saturated heterocycles. The minimum Gasteiger partial charge on any atom is -0.464 e. The number of para-hydroxylation sites is 1. The molecule has 8 nitrogen and oxygen atoms in total. The number of nitro benzene ring substituents is 1. The van der Waals surface area contributed by atoms with Gasteiger partial charge in [-0.1, -0.05) is 23.8 Å². The van der Waals surface area contributed by atoms with Crippen molar-refractivity contribution in [1.29, 1.82) is 0 Å². The van der Waals surface area contributed by atoms with E-state index in [1.807, 2.05) is 25.1 Å². The standard InChI is InChI=1S/C18H15N3O5/c1-11-6-7-16-14(8-11)12(10-26-16)9-17(22)19-20-18(23)13-4-2-3-5-15(13)21(24)25/h2-8,10H,9H2,1H3,(H,19,22)(H,20,23). The molecule has 2 aromatic carbocycles. The molecule has 8 heteroatoms. The second kappa shape index (κ2) is 7.06. The number of hydrazine groups is 1. The third-order valence-corrected chi connectivity index (χ3v) is 3.82. The molecule has 1 aromatic heterocycles. The minimum absolute atomic E-state index is 0.00633. The zero-order valence-electron chi connectivity index (χ0n) is 13.8. The second-order valence-electron chi connectivity index (χ2n) is 5.71. The number of hydrogen-bond donors (Lipinski definition) is 2. The van der Waals surface area contributed by atoms with Gasteiger partial charge < -0.3 is 4.42 Å². The lowest BCUT2D eigenvalue weighted by molar-refractivity contribution is -0.385. The Morgan fingerprint density at radius 3 is 2.69 bits per heavy atom. The number of nitrogens with one attached hydrogen (secondary N) is 2. The number of benzene rings is 2. The van der Waals surface area contributed by atoms with Gasteiger partial charge in [0, 0.05) is 17.0 Å². The molecule has 0 unspecified atom stereocenters. The van der Waals surface area contributed by atoms with E-state index in [0.29, 0.717) is 11.1 Å². The molecule has 0 fully saturated rings. The molecule has 0 spiro atoms. The molecule has 2 N–H and O–H groups in total. The molecular weight excluding hydrogens is 338 g/mol. The van der Waals surface area contributed by atoms with Crippen LogP contribution in [0, 0.1) is 17.0 Å². The average Bonchev–Trinajstić information content (AvgIpc) is 3.01. The number of rotatable bonds is 4.